The average molecular weight is 247 g/mol. The second-order valence-corrected chi connectivity index (χ2v) is 5.30. The maximum absolute atomic E-state index is 12.4. The number of nitrogens with one attached hydrogen (secondary N) is 1. The normalized spacial score (nSPS) is 18.8. The summed E-state index contributed by atoms with van der Waals surface area (Å²) in [5.74, 6) is 0.224. The Kier molecular flexibility index (Phi) is 4.02. The third kappa shape index (κ3) is 2.41. The lowest BCUT2D eigenvalue weighted by Crippen LogP contribution is -2.50. The predicted octanol–water partition coefficient (Wildman–Crippen LogP) is 1.85. The smallest absolute Gasteiger partial charge is 0.230 e. The van der Waals surface area contributed by atoms with Gasteiger partial charge in [0.2, 0.25) is 5.91 Å². The van der Waals surface area contributed by atoms with Gasteiger partial charge in [0.05, 0.1) is 5.41 Å². The number of amides is 1. The van der Waals surface area contributed by atoms with Crippen LogP contribution >= 0.6 is 0 Å². The standard InChI is InChI=1S/C15H21NO2/c1-12(11-17)10-16-14(18)15(8-5-9-15)13-6-3-2-4-7-13/h2-4,6-7,12,17H,5,8-11H2,1H3,(H,16,18). The molecule has 0 heterocycles. The fraction of sp³-hybridized carbons (Fsp3) is 0.533. The Hall–Kier alpha value is -1.35. The zero-order valence-corrected chi connectivity index (χ0v) is 10.9. The van der Waals surface area contributed by atoms with Crippen molar-refractivity contribution in [3.05, 3.63) is 35.9 Å². The lowest BCUT2D eigenvalue weighted by molar-refractivity contribution is -0.130. The van der Waals surface area contributed by atoms with E-state index in [9.17, 15) is 4.79 Å². The first kappa shape index (κ1) is 13.1. The maximum Gasteiger partial charge on any atom is 0.230 e. The number of rotatable bonds is 5. The van der Waals surface area contributed by atoms with Crippen LogP contribution in [0.25, 0.3) is 0 Å². The van der Waals surface area contributed by atoms with Gasteiger partial charge in [-0.15, -0.1) is 0 Å². The van der Waals surface area contributed by atoms with Crippen LogP contribution < -0.4 is 5.32 Å². The molecule has 98 valence electrons. The molecule has 0 saturated heterocycles. The lowest BCUT2D eigenvalue weighted by Gasteiger charge is -2.41. The molecule has 0 spiro atoms. The van der Waals surface area contributed by atoms with Crippen molar-refractivity contribution in [2.24, 2.45) is 5.92 Å². The molecule has 1 atom stereocenters. The van der Waals surface area contributed by atoms with Crippen LogP contribution in [0.5, 0.6) is 0 Å². The molecule has 2 N–H and O–H groups in total. The Bertz CT molecular complexity index is 398. The van der Waals surface area contributed by atoms with E-state index in [4.69, 9.17) is 5.11 Å². The molecular weight excluding hydrogens is 226 g/mol. The van der Waals surface area contributed by atoms with Crippen LogP contribution in [0.4, 0.5) is 0 Å². The van der Waals surface area contributed by atoms with Gasteiger partial charge < -0.3 is 10.4 Å². The molecule has 1 unspecified atom stereocenters. The number of aliphatic hydroxyl groups excluding tert-OH is 1. The molecule has 3 nitrogen and oxygen atoms in total. The van der Waals surface area contributed by atoms with E-state index in [1.165, 1.54) is 0 Å². The molecular formula is C15H21NO2. The molecule has 1 aromatic rings. The van der Waals surface area contributed by atoms with Gasteiger partial charge in [-0.25, -0.2) is 0 Å². The van der Waals surface area contributed by atoms with Crippen LogP contribution in [0.15, 0.2) is 30.3 Å². The second-order valence-electron chi connectivity index (χ2n) is 5.30. The van der Waals surface area contributed by atoms with E-state index in [-0.39, 0.29) is 23.8 Å². The SMILES string of the molecule is CC(CO)CNC(=O)C1(c2ccccc2)CCC1. The van der Waals surface area contributed by atoms with Crippen molar-refractivity contribution in [1.29, 1.82) is 0 Å². The van der Waals surface area contributed by atoms with Crippen LogP contribution in [0.2, 0.25) is 0 Å². The molecule has 2 rings (SSSR count). The average Bonchev–Trinajstić information content (AvgIpc) is 2.36. The fourth-order valence-electron chi connectivity index (χ4n) is 2.44. The second kappa shape index (κ2) is 5.53. The number of aliphatic hydroxyl groups is 1. The van der Waals surface area contributed by atoms with Gasteiger partial charge in [-0.3, -0.25) is 4.79 Å². The molecule has 0 radical (unpaired) electrons. The van der Waals surface area contributed by atoms with Crippen LogP contribution in [0, 0.1) is 5.92 Å². The van der Waals surface area contributed by atoms with Crippen molar-refractivity contribution in [3.63, 3.8) is 0 Å². The number of carbonyl (C=O) groups is 1. The number of hydrogen-bond donors (Lipinski definition) is 2. The van der Waals surface area contributed by atoms with Gasteiger partial charge in [-0.05, 0) is 24.3 Å². The van der Waals surface area contributed by atoms with Gasteiger partial charge >= 0.3 is 0 Å². The quantitative estimate of drug-likeness (QED) is 0.834. The van der Waals surface area contributed by atoms with E-state index in [1.807, 2.05) is 37.3 Å². The zero-order chi connectivity index (χ0) is 13.0. The first-order valence-corrected chi connectivity index (χ1v) is 6.64. The molecule has 0 aromatic heterocycles. The van der Waals surface area contributed by atoms with Crippen LogP contribution in [-0.4, -0.2) is 24.2 Å². The predicted molar refractivity (Wildman–Crippen MR) is 71.2 cm³/mol. The molecule has 1 fully saturated rings. The highest BCUT2D eigenvalue weighted by atomic mass is 16.3. The minimum absolute atomic E-state index is 0.110. The third-order valence-electron chi connectivity index (χ3n) is 3.89. The Balaban J connectivity index is 2.06. The molecule has 1 saturated carbocycles. The summed E-state index contributed by atoms with van der Waals surface area (Å²) in [6.07, 6.45) is 2.96. The van der Waals surface area contributed by atoms with Crippen molar-refractivity contribution in [2.45, 2.75) is 31.6 Å². The summed E-state index contributed by atoms with van der Waals surface area (Å²) in [6.45, 7) is 2.58. The summed E-state index contributed by atoms with van der Waals surface area (Å²) in [5, 5.41) is 12.0. The van der Waals surface area contributed by atoms with Crippen LogP contribution in [0.1, 0.15) is 31.7 Å². The lowest BCUT2D eigenvalue weighted by atomic mass is 9.64. The minimum atomic E-state index is -0.323. The van der Waals surface area contributed by atoms with Gasteiger partial charge in [0, 0.05) is 13.2 Å². The van der Waals surface area contributed by atoms with E-state index >= 15 is 0 Å². The van der Waals surface area contributed by atoms with E-state index in [2.05, 4.69) is 5.32 Å². The van der Waals surface area contributed by atoms with Gasteiger partial charge in [0.25, 0.3) is 0 Å². The maximum atomic E-state index is 12.4. The fourth-order valence-corrected chi connectivity index (χ4v) is 2.44. The zero-order valence-electron chi connectivity index (χ0n) is 10.9. The molecule has 3 heteroatoms. The van der Waals surface area contributed by atoms with Crippen molar-refractivity contribution in [2.75, 3.05) is 13.2 Å². The van der Waals surface area contributed by atoms with Crippen LogP contribution in [0.3, 0.4) is 0 Å². The van der Waals surface area contributed by atoms with E-state index < -0.39 is 0 Å². The molecule has 18 heavy (non-hydrogen) atoms. The highest BCUT2D eigenvalue weighted by Gasteiger charge is 2.45. The molecule has 0 aliphatic heterocycles. The number of carbonyl (C=O) groups excluding carboxylic acids is 1. The summed E-state index contributed by atoms with van der Waals surface area (Å²) in [7, 11) is 0. The molecule has 1 amide bonds. The van der Waals surface area contributed by atoms with Crippen LogP contribution in [-0.2, 0) is 10.2 Å². The van der Waals surface area contributed by atoms with Crippen molar-refractivity contribution in [3.8, 4) is 0 Å². The first-order chi connectivity index (χ1) is 8.69. The summed E-state index contributed by atoms with van der Waals surface area (Å²) in [4.78, 5) is 12.4. The van der Waals surface area contributed by atoms with E-state index in [0.29, 0.717) is 6.54 Å². The molecule has 1 aliphatic rings. The van der Waals surface area contributed by atoms with Gasteiger partial charge in [-0.1, -0.05) is 43.7 Å². The van der Waals surface area contributed by atoms with Crippen molar-refractivity contribution in [1.82, 2.24) is 5.32 Å². The van der Waals surface area contributed by atoms with E-state index in [0.717, 1.165) is 24.8 Å². The number of benzene rings is 1. The Morgan fingerprint density at radius 1 is 1.39 bits per heavy atom. The highest BCUT2D eigenvalue weighted by Crippen LogP contribution is 2.43. The Labute approximate surface area is 108 Å². The van der Waals surface area contributed by atoms with Gasteiger partial charge in [0.1, 0.15) is 0 Å². The molecule has 1 aliphatic carbocycles. The summed E-state index contributed by atoms with van der Waals surface area (Å²) in [6, 6.07) is 10.0. The first-order valence-electron chi connectivity index (χ1n) is 6.64. The van der Waals surface area contributed by atoms with Gasteiger partial charge in [-0.2, -0.15) is 0 Å². The topological polar surface area (TPSA) is 49.3 Å². The Morgan fingerprint density at radius 2 is 2.06 bits per heavy atom. The minimum Gasteiger partial charge on any atom is -0.396 e. The summed E-state index contributed by atoms with van der Waals surface area (Å²) < 4.78 is 0. The molecule has 0 bridgehead atoms. The summed E-state index contributed by atoms with van der Waals surface area (Å²) in [5.41, 5.74) is 0.793. The van der Waals surface area contributed by atoms with E-state index in [1.54, 1.807) is 0 Å². The molecule has 1 aromatic carbocycles. The van der Waals surface area contributed by atoms with Gasteiger partial charge in [0.15, 0.2) is 0 Å². The van der Waals surface area contributed by atoms with Crippen molar-refractivity contribution < 1.29 is 9.90 Å². The Morgan fingerprint density at radius 3 is 2.56 bits per heavy atom. The third-order valence-corrected chi connectivity index (χ3v) is 3.89. The number of hydrogen-bond acceptors (Lipinski definition) is 2. The summed E-state index contributed by atoms with van der Waals surface area (Å²) >= 11 is 0. The largest absolute Gasteiger partial charge is 0.396 e. The monoisotopic (exact) mass is 247 g/mol. The van der Waals surface area contributed by atoms with Crippen molar-refractivity contribution >= 4 is 5.91 Å². The highest BCUT2D eigenvalue weighted by molar-refractivity contribution is 5.89.